The summed E-state index contributed by atoms with van der Waals surface area (Å²) < 4.78 is 50.8. The van der Waals surface area contributed by atoms with E-state index in [1.54, 1.807) is 0 Å². The van der Waals surface area contributed by atoms with E-state index in [1.807, 2.05) is 0 Å². The van der Waals surface area contributed by atoms with E-state index in [0.717, 1.165) is 57.3 Å². The van der Waals surface area contributed by atoms with Gasteiger partial charge in [0, 0.05) is 16.0 Å². The van der Waals surface area contributed by atoms with Crippen molar-refractivity contribution in [2.75, 3.05) is 16.8 Å². The second-order valence-electron chi connectivity index (χ2n) is 9.12. The first-order valence-corrected chi connectivity index (χ1v) is 16.7. The Kier molecular flexibility index (Phi) is 14.8. The molecule has 0 saturated heterocycles. The van der Waals surface area contributed by atoms with Gasteiger partial charge >= 0.3 is 0 Å². The molecule has 0 radical (unpaired) electrons. The molecule has 0 aliphatic heterocycles. The molecular formula is C21H40BrClO5S2. The Balaban J connectivity index is 0.000000228. The lowest BCUT2D eigenvalue weighted by Crippen LogP contribution is -2.17. The van der Waals surface area contributed by atoms with E-state index in [2.05, 4.69) is 15.9 Å². The summed E-state index contributed by atoms with van der Waals surface area (Å²) in [7, 11) is -1.84. The van der Waals surface area contributed by atoms with E-state index < -0.39 is 19.2 Å². The van der Waals surface area contributed by atoms with Gasteiger partial charge < -0.3 is 0 Å². The highest BCUT2D eigenvalue weighted by atomic mass is 79.9. The molecule has 0 aromatic carbocycles. The number of hydrogen-bond acceptors (Lipinski definition) is 4. The van der Waals surface area contributed by atoms with E-state index in [-0.39, 0.29) is 17.4 Å². The SMILES string of the molecule is BrCC1CCCCC1.O=S(=O)(Cl)CC1CCCCC1.O=S(=O)(O)CC1CCCCC1. The Hall–Kier alpha value is 0.630. The Bertz CT molecular complexity index is 588. The maximum absolute atomic E-state index is 10.7. The molecule has 180 valence electrons. The third-order valence-corrected chi connectivity index (χ3v) is 9.33. The standard InChI is InChI=1S/C7H13Br.C7H13ClO2S.C7H14O3S/c8-6-7-4-2-1-3-5-7;2*8-11(9,10)6-7-4-2-1-3-5-7/h7H,1-6H2;7H,1-6H2;7H,1-6H2,(H,8,9,10). The van der Waals surface area contributed by atoms with E-state index in [9.17, 15) is 16.8 Å². The molecule has 3 aliphatic carbocycles. The number of hydrogen-bond donors (Lipinski definition) is 1. The minimum Gasteiger partial charge on any atom is -0.286 e. The van der Waals surface area contributed by atoms with Gasteiger partial charge in [-0.15, -0.1) is 0 Å². The van der Waals surface area contributed by atoms with Crippen molar-refractivity contribution in [1.29, 1.82) is 0 Å². The fraction of sp³-hybridized carbons (Fsp3) is 1.00. The van der Waals surface area contributed by atoms with Gasteiger partial charge in [-0.05, 0) is 56.3 Å². The summed E-state index contributed by atoms with van der Waals surface area (Å²) in [5, 5.41) is 1.23. The van der Waals surface area contributed by atoms with Crippen molar-refractivity contribution in [2.45, 2.75) is 96.3 Å². The van der Waals surface area contributed by atoms with E-state index in [4.69, 9.17) is 15.2 Å². The Morgan fingerprint density at radius 3 is 1.23 bits per heavy atom. The van der Waals surface area contributed by atoms with Crippen LogP contribution in [0.5, 0.6) is 0 Å². The second kappa shape index (κ2) is 15.5. The summed E-state index contributed by atoms with van der Waals surface area (Å²) in [6.45, 7) is 0. The van der Waals surface area contributed by atoms with Crippen molar-refractivity contribution in [3.05, 3.63) is 0 Å². The highest BCUT2D eigenvalue weighted by Gasteiger charge is 2.20. The Morgan fingerprint density at radius 1 is 0.633 bits per heavy atom. The van der Waals surface area contributed by atoms with Crippen LogP contribution in [0.15, 0.2) is 0 Å². The lowest BCUT2D eigenvalue weighted by molar-refractivity contribution is 0.374. The van der Waals surface area contributed by atoms with Crippen LogP contribution in [0, 0.1) is 17.8 Å². The van der Waals surface area contributed by atoms with Crippen LogP contribution in [0.2, 0.25) is 0 Å². The molecule has 1 N–H and O–H groups in total. The zero-order chi connectivity index (χ0) is 22.5. The summed E-state index contributed by atoms with van der Waals surface area (Å²) in [6.07, 6.45) is 18.3. The third kappa shape index (κ3) is 16.3. The molecule has 5 nitrogen and oxygen atoms in total. The number of halogens is 2. The monoisotopic (exact) mass is 550 g/mol. The molecule has 0 heterocycles. The molecule has 0 aromatic rings. The van der Waals surface area contributed by atoms with E-state index in [1.165, 1.54) is 50.3 Å². The third-order valence-electron chi connectivity index (χ3n) is 6.27. The molecule has 3 rings (SSSR count). The average molecular weight is 552 g/mol. The van der Waals surface area contributed by atoms with Gasteiger partial charge in [-0.25, -0.2) is 8.42 Å². The van der Waals surface area contributed by atoms with Gasteiger partial charge in [-0.1, -0.05) is 73.7 Å². The molecule has 3 saturated carbocycles. The van der Waals surface area contributed by atoms with Gasteiger partial charge in [-0.2, -0.15) is 8.42 Å². The smallest absolute Gasteiger partial charge is 0.265 e. The molecule has 0 spiro atoms. The fourth-order valence-corrected chi connectivity index (χ4v) is 7.64. The molecule has 0 bridgehead atoms. The van der Waals surface area contributed by atoms with Crippen LogP contribution in [0.25, 0.3) is 0 Å². The topological polar surface area (TPSA) is 88.5 Å². The highest BCUT2D eigenvalue weighted by Crippen LogP contribution is 2.26. The minimum absolute atomic E-state index is 0.0347. The van der Waals surface area contributed by atoms with Gasteiger partial charge in [0.2, 0.25) is 9.05 Å². The Morgan fingerprint density at radius 2 is 0.967 bits per heavy atom. The van der Waals surface area contributed by atoms with Gasteiger partial charge in [0.05, 0.1) is 11.5 Å². The number of rotatable bonds is 5. The zero-order valence-electron chi connectivity index (χ0n) is 18.1. The highest BCUT2D eigenvalue weighted by molar-refractivity contribution is 9.09. The summed E-state index contributed by atoms with van der Waals surface area (Å²) in [5.74, 6) is 1.68. The van der Waals surface area contributed by atoms with Crippen LogP contribution in [0.3, 0.4) is 0 Å². The van der Waals surface area contributed by atoms with Crippen molar-refractivity contribution < 1.29 is 21.4 Å². The van der Waals surface area contributed by atoms with Crippen molar-refractivity contribution in [2.24, 2.45) is 17.8 Å². The van der Waals surface area contributed by atoms with Crippen LogP contribution in [0.1, 0.15) is 96.3 Å². The van der Waals surface area contributed by atoms with Crippen molar-refractivity contribution in [3.8, 4) is 0 Å². The number of alkyl halides is 1. The Labute approximate surface area is 197 Å². The van der Waals surface area contributed by atoms with Crippen LogP contribution in [-0.4, -0.2) is 38.2 Å². The van der Waals surface area contributed by atoms with Crippen LogP contribution in [0.4, 0.5) is 0 Å². The maximum Gasteiger partial charge on any atom is 0.265 e. The summed E-state index contributed by atoms with van der Waals surface area (Å²) in [5.41, 5.74) is 0. The molecule has 3 aliphatic rings. The van der Waals surface area contributed by atoms with Crippen LogP contribution < -0.4 is 0 Å². The normalized spacial score (nSPS) is 22.4. The quantitative estimate of drug-likeness (QED) is 0.238. The van der Waals surface area contributed by atoms with Crippen LogP contribution in [-0.2, 0) is 19.2 Å². The summed E-state index contributed by atoms with van der Waals surface area (Å²) >= 11 is 3.51. The second-order valence-corrected chi connectivity index (χ2v) is 14.1. The first kappa shape index (κ1) is 28.7. The van der Waals surface area contributed by atoms with Crippen molar-refractivity contribution in [1.82, 2.24) is 0 Å². The zero-order valence-corrected chi connectivity index (χ0v) is 22.1. The van der Waals surface area contributed by atoms with Crippen molar-refractivity contribution >= 4 is 45.8 Å². The molecule has 0 unspecified atom stereocenters. The fourth-order valence-electron chi connectivity index (χ4n) is 4.63. The van der Waals surface area contributed by atoms with Gasteiger partial charge in [0.25, 0.3) is 10.1 Å². The predicted molar refractivity (Wildman–Crippen MR) is 130 cm³/mol. The maximum atomic E-state index is 10.7. The molecule has 0 atom stereocenters. The summed E-state index contributed by atoms with van der Waals surface area (Å²) in [6, 6.07) is 0. The molecule has 9 heteroatoms. The predicted octanol–water partition coefficient (Wildman–Crippen LogP) is 6.55. The molecule has 0 aromatic heterocycles. The average Bonchev–Trinajstić information content (AvgIpc) is 2.69. The first-order chi connectivity index (χ1) is 14.1. The van der Waals surface area contributed by atoms with Gasteiger partial charge in [0.15, 0.2) is 0 Å². The van der Waals surface area contributed by atoms with Crippen molar-refractivity contribution in [3.63, 3.8) is 0 Å². The molecular weight excluding hydrogens is 512 g/mol. The van der Waals surface area contributed by atoms with Gasteiger partial charge in [0.1, 0.15) is 0 Å². The van der Waals surface area contributed by atoms with E-state index >= 15 is 0 Å². The lowest BCUT2D eigenvalue weighted by Gasteiger charge is -2.19. The molecule has 3 fully saturated rings. The molecule has 30 heavy (non-hydrogen) atoms. The largest absolute Gasteiger partial charge is 0.286 e. The lowest BCUT2D eigenvalue weighted by atomic mass is 9.91. The summed E-state index contributed by atoms with van der Waals surface area (Å²) in [4.78, 5) is 0. The van der Waals surface area contributed by atoms with Crippen LogP contribution >= 0.6 is 26.6 Å². The molecule has 0 amide bonds. The minimum atomic E-state index is -3.72. The first-order valence-electron chi connectivity index (χ1n) is 11.5. The van der Waals surface area contributed by atoms with Gasteiger partial charge in [-0.3, -0.25) is 4.55 Å². The van der Waals surface area contributed by atoms with E-state index in [0.29, 0.717) is 5.92 Å².